The fourth-order valence-corrected chi connectivity index (χ4v) is 3.84. The number of benzene rings is 1. The predicted molar refractivity (Wildman–Crippen MR) is 77.5 cm³/mol. The molecule has 0 aliphatic heterocycles. The average molecular weight is 298 g/mol. The zero-order chi connectivity index (χ0) is 14.7. The van der Waals surface area contributed by atoms with Crippen molar-refractivity contribution in [1.82, 2.24) is 20.1 Å². The first-order valence-corrected chi connectivity index (χ1v) is 7.76. The lowest BCUT2D eigenvalue weighted by Gasteiger charge is -2.17. The van der Waals surface area contributed by atoms with Gasteiger partial charge in [-0.3, -0.25) is 0 Å². The Morgan fingerprint density at radius 3 is 3.18 bits per heavy atom. The number of hydrogen-bond acceptors (Lipinski definition) is 4. The summed E-state index contributed by atoms with van der Waals surface area (Å²) < 4.78 is 19.6. The van der Waals surface area contributed by atoms with Gasteiger partial charge in [-0.2, -0.15) is 4.98 Å². The first kappa shape index (κ1) is 12.3. The molecule has 5 nitrogen and oxygen atoms in total. The van der Waals surface area contributed by atoms with Crippen molar-refractivity contribution < 1.29 is 8.91 Å². The fraction of sp³-hybridized carbons (Fsp3) is 0.438. The van der Waals surface area contributed by atoms with E-state index < -0.39 is 0 Å². The Hall–Kier alpha value is -2.24. The lowest BCUT2D eigenvalue weighted by atomic mass is 9.88. The molecule has 5 rings (SSSR count). The zero-order valence-corrected chi connectivity index (χ0v) is 11.9. The summed E-state index contributed by atoms with van der Waals surface area (Å²) in [5, 5.41) is 4.12. The summed E-state index contributed by atoms with van der Waals surface area (Å²) in [6.07, 6.45) is 6.49. The van der Waals surface area contributed by atoms with E-state index in [1.165, 1.54) is 25.3 Å². The van der Waals surface area contributed by atoms with Crippen LogP contribution in [0.5, 0.6) is 0 Å². The van der Waals surface area contributed by atoms with Crippen LogP contribution < -0.4 is 0 Å². The van der Waals surface area contributed by atoms with E-state index in [2.05, 4.69) is 20.1 Å². The number of fused-ring (bicyclic) bond motifs is 2. The van der Waals surface area contributed by atoms with Crippen molar-refractivity contribution in [3.63, 3.8) is 0 Å². The number of hydrogen-bond donors (Lipinski definition) is 1. The van der Waals surface area contributed by atoms with E-state index in [0.29, 0.717) is 28.4 Å². The van der Waals surface area contributed by atoms with E-state index in [1.54, 1.807) is 12.4 Å². The van der Waals surface area contributed by atoms with Gasteiger partial charge >= 0.3 is 0 Å². The molecule has 2 aliphatic carbocycles. The molecule has 0 saturated heterocycles. The van der Waals surface area contributed by atoms with Crippen LogP contribution in [-0.4, -0.2) is 20.1 Å². The molecule has 0 amide bonds. The highest BCUT2D eigenvalue weighted by atomic mass is 19.1. The molecule has 2 fully saturated rings. The number of aromatic nitrogens is 4. The second-order valence-electron chi connectivity index (χ2n) is 6.41. The highest BCUT2D eigenvalue weighted by Crippen LogP contribution is 2.56. The van der Waals surface area contributed by atoms with E-state index >= 15 is 0 Å². The zero-order valence-electron chi connectivity index (χ0n) is 11.9. The topological polar surface area (TPSA) is 67.6 Å². The van der Waals surface area contributed by atoms with Crippen LogP contribution in [0.3, 0.4) is 0 Å². The van der Waals surface area contributed by atoms with Gasteiger partial charge in [0.25, 0.3) is 5.89 Å². The molecule has 0 radical (unpaired) electrons. The van der Waals surface area contributed by atoms with Gasteiger partial charge in [0.1, 0.15) is 5.82 Å². The summed E-state index contributed by atoms with van der Waals surface area (Å²) in [6, 6.07) is 3.07. The third-order valence-corrected chi connectivity index (χ3v) is 5.10. The molecule has 2 aromatic heterocycles. The van der Waals surface area contributed by atoms with Crippen LogP contribution in [0.25, 0.3) is 22.5 Å². The monoisotopic (exact) mass is 298 g/mol. The maximum atomic E-state index is 14.2. The van der Waals surface area contributed by atoms with Crippen molar-refractivity contribution in [3.05, 3.63) is 30.1 Å². The Morgan fingerprint density at radius 1 is 1.27 bits per heavy atom. The van der Waals surface area contributed by atoms with Crippen molar-refractivity contribution >= 4 is 11.0 Å². The number of rotatable bonds is 2. The van der Waals surface area contributed by atoms with E-state index in [1.807, 2.05) is 0 Å². The molecule has 0 bridgehead atoms. The van der Waals surface area contributed by atoms with Crippen molar-refractivity contribution in [2.75, 3.05) is 0 Å². The molecular formula is C16H15FN4O. The van der Waals surface area contributed by atoms with Crippen LogP contribution >= 0.6 is 0 Å². The minimum absolute atomic E-state index is 0.250. The Bertz CT molecular complexity index is 855. The number of nitrogens with zero attached hydrogens (tertiary/aromatic N) is 3. The molecule has 2 saturated carbocycles. The van der Waals surface area contributed by atoms with Crippen LogP contribution in [-0.2, 0) is 0 Å². The molecule has 1 N–H and O–H groups in total. The van der Waals surface area contributed by atoms with E-state index in [9.17, 15) is 4.39 Å². The quantitative estimate of drug-likeness (QED) is 0.784. The molecule has 112 valence electrons. The number of halogens is 1. The minimum atomic E-state index is -0.375. The van der Waals surface area contributed by atoms with Gasteiger partial charge in [-0.25, -0.2) is 9.37 Å². The summed E-state index contributed by atoms with van der Waals surface area (Å²) in [6.45, 7) is 0. The second-order valence-corrected chi connectivity index (χ2v) is 6.41. The minimum Gasteiger partial charge on any atom is -0.345 e. The number of imidazole rings is 1. The lowest BCUT2D eigenvalue weighted by molar-refractivity contribution is 0.373. The number of nitrogens with one attached hydrogen (secondary N) is 1. The van der Waals surface area contributed by atoms with Gasteiger partial charge in [-0.1, -0.05) is 18.0 Å². The summed E-state index contributed by atoms with van der Waals surface area (Å²) in [5.41, 5.74) is 1.67. The van der Waals surface area contributed by atoms with Gasteiger partial charge in [-0.15, -0.1) is 0 Å². The van der Waals surface area contributed by atoms with Gasteiger partial charge in [0, 0.05) is 12.0 Å². The van der Waals surface area contributed by atoms with Crippen molar-refractivity contribution in [1.29, 1.82) is 0 Å². The molecule has 3 unspecified atom stereocenters. The smallest absolute Gasteiger partial charge is 0.260 e. The fourth-order valence-electron chi connectivity index (χ4n) is 3.84. The first-order valence-electron chi connectivity index (χ1n) is 7.76. The number of aromatic amines is 1. The molecule has 6 heteroatoms. The molecule has 2 aliphatic rings. The SMILES string of the molecule is Fc1cc2[nH]cnc2cc1-c1nc(C2CCCC3CC32)no1. The average Bonchev–Trinajstić information content (AvgIpc) is 2.93. The normalized spacial score (nSPS) is 27.0. The molecule has 1 aromatic carbocycles. The maximum Gasteiger partial charge on any atom is 0.260 e. The molecule has 22 heavy (non-hydrogen) atoms. The summed E-state index contributed by atoms with van der Waals surface area (Å²) in [7, 11) is 0. The Morgan fingerprint density at radius 2 is 2.23 bits per heavy atom. The Kier molecular flexibility index (Phi) is 2.45. The molecular weight excluding hydrogens is 283 g/mol. The van der Waals surface area contributed by atoms with Crippen LogP contribution in [0.1, 0.15) is 37.4 Å². The van der Waals surface area contributed by atoms with E-state index in [-0.39, 0.29) is 11.7 Å². The van der Waals surface area contributed by atoms with Gasteiger partial charge in [0.2, 0.25) is 0 Å². The standard InChI is InChI=1S/C16H15FN4O/c17-12-6-14-13(18-7-19-14)5-11(12)16-20-15(21-22-16)9-3-1-2-8-4-10(8)9/h5-10H,1-4H2,(H,18,19). The van der Waals surface area contributed by atoms with Crippen LogP contribution in [0.2, 0.25) is 0 Å². The largest absolute Gasteiger partial charge is 0.345 e. The van der Waals surface area contributed by atoms with E-state index in [0.717, 1.165) is 18.2 Å². The van der Waals surface area contributed by atoms with Crippen molar-refractivity contribution in [2.45, 2.75) is 31.6 Å². The van der Waals surface area contributed by atoms with Gasteiger partial charge in [0.15, 0.2) is 5.82 Å². The summed E-state index contributed by atoms with van der Waals surface area (Å²) >= 11 is 0. The van der Waals surface area contributed by atoms with E-state index in [4.69, 9.17) is 4.52 Å². The van der Waals surface area contributed by atoms with Crippen molar-refractivity contribution in [3.8, 4) is 11.5 Å². The Labute approximate surface area is 125 Å². The first-order chi connectivity index (χ1) is 10.8. The predicted octanol–water partition coefficient (Wildman–Crippen LogP) is 3.66. The molecule has 2 heterocycles. The van der Waals surface area contributed by atoms with Crippen LogP contribution in [0.15, 0.2) is 23.0 Å². The molecule has 0 spiro atoms. The second kappa shape index (κ2) is 4.38. The lowest BCUT2D eigenvalue weighted by Crippen LogP contribution is -2.09. The maximum absolute atomic E-state index is 14.2. The highest BCUT2D eigenvalue weighted by Gasteiger charge is 2.47. The van der Waals surface area contributed by atoms with Gasteiger partial charge < -0.3 is 9.51 Å². The van der Waals surface area contributed by atoms with Gasteiger partial charge in [-0.05, 0) is 30.7 Å². The van der Waals surface area contributed by atoms with Gasteiger partial charge in [0.05, 0.1) is 22.9 Å². The molecule has 3 atom stereocenters. The summed E-state index contributed by atoms with van der Waals surface area (Å²) in [4.78, 5) is 11.5. The van der Waals surface area contributed by atoms with Crippen LogP contribution in [0.4, 0.5) is 4.39 Å². The van der Waals surface area contributed by atoms with Crippen LogP contribution in [0, 0.1) is 17.7 Å². The third-order valence-electron chi connectivity index (χ3n) is 5.10. The highest BCUT2D eigenvalue weighted by molar-refractivity contribution is 5.80. The Balaban J connectivity index is 1.53. The molecule has 3 aromatic rings. The number of H-pyrrole nitrogens is 1. The third kappa shape index (κ3) is 1.79. The van der Waals surface area contributed by atoms with Crippen molar-refractivity contribution in [2.24, 2.45) is 11.8 Å². The summed E-state index contributed by atoms with van der Waals surface area (Å²) in [5.74, 6) is 2.55.